The fourth-order valence-electron chi connectivity index (χ4n) is 8.41. The highest BCUT2D eigenvalue weighted by atomic mass is 35.5. The second kappa shape index (κ2) is 18.9. The number of primary amides is 1. The van der Waals surface area contributed by atoms with E-state index in [0.29, 0.717) is 80.2 Å². The number of piperidine rings is 1. The number of nitrogens with two attached hydrogens (primary N) is 1. The van der Waals surface area contributed by atoms with E-state index in [0.717, 1.165) is 54.7 Å². The Morgan fingerprint density at radius 3 is 2.40 bits per heavy atom. The highest BCUT2D eigenvalue weighted by Gasteiger charge is 2.39. The van der Waals surface area contributed by atoms with Crippen molar-refractivity contribution in [2.45, 2.75) is 69.6 Å². The van der Waals surface area contributed by atoms with E-state index >= 15 is 0 Å². The number of amides is 6. The van der Waals surface area contributed by atoms with Crippen LogP contribution in [0.15, 0.2) is 72.9 Å². The number of hydrogen-bond acceptors (Lipinski definition) is 11. The van der Waals surface area contributed by atoms with E-state index in [9.17, 15) is 24.0 Å². The number of fused-ring (bicyclic) bond motifs is 1. The molecule has 16 nitrogen and oxygen atoms in total. The van der Waals surface area contributed by atoms with Crippen molar-refractivity contribution >= 4 is 70.1 Å². The van der Waals surface area contributed by atoms with E-state index in [4.69, 9.17) is 17.3 Å². The first-order valence-corrected chi connectivity index (χ1v) is 21.3. The molecule has 4 aromatic rings. The normalized spacial score (nSPS) is 19.9. The third kappa shape index (κ3) is 9.75. The predicted octanol–water partition coefficient (Wildman–Crippen LogP) is 4.65. The monoisotopic (exact) mass is 857 g/mol. The third-order valence-corrected chi connectivity index (χ3v) is 12.1. The largest absolute Gasteiger partial charge is 0.368 e. The molecule has 1 saturated carbocycles. The SMILES string of the molecule is NC(=O)c1ccccc1Nc1nc(Nc2ccc(N3CCN(C(=O)NC4CCC(NCCC#Cc5cccc6c5CN(C5CCC(=O)NC5=O)C6=O)CC4)CC3)cc2)ncc1Cl. The molecule has 0 spiro atoms. The van der Waals surface area contributed by atoms with Crippen molar-refractivity contribution in [1.82, 2.24) is 35.7 Å². The minimum Gasteiger partial charge on any atom is -0.368 e. The van der Waals surface area contributed by atoms with Crippen molar-refractivity contribution < 1.29 is 24.0 Å². The molecule has 3 aromatic carbocycles. The van der Waals surface area contributed by atoms with E-state index in [-0.39, 0.29) is 35.3 Å². The van der Waals surface area contributed by atoms with Gasteiger partial charge in [-0.25, -0.2) is 9.78 Å². The molecule has 17 heteroatoms. The van der Waals surface area contributed by atoms with Gasteiger partial charge in [-0.15, -0.1) is 0 Å². The lowest BCUT2D eigenvalue weighted by Gasteiger charge is -2.37. The van der Waals surface area contributed by atoms with Gasteiger partial charge >= 0.3 is 6.03 Å². The van der Waals surface area contributed by atoms with Crippen LogP contribution >= 0.6 is 11.6 Å². The molecule has 0 bridgehead atoms. The molecular formula is C45H48ClN11O5. The minimum atomic E-state index is -0.652. The summed E-state index contributed by atoms with van der Waals surface area (Å²) in [4.78, 5) is 76.8. The molecule has 1 unspecified atom stereocenters. The van der Waals surface area contributed by atoms with Gasteiger partial charge in [0.25, 0.3) is 11.8 Å². The Morgan fingerprint density at radius 1 is 0.887 bits per heavy atom. The van der Waals surface area contributed by atoms with Crippen molar-refractivity contribution in [2.24, 2.45) is 5.73 Å². The molecule has 2 saturated heterocycles. The number of rotatable bonds is 11. The van der Waals surface area contributed by atoms with Crippen LogP contribution in [-0.2, 0) is 16.1 Å². The summed E-state index contributed by atoms with van der Waals surface area (Å²) in [5, 5.41) is 15.8. The van der Waals surface area contributed by atoms with Crippen LogP contribution in [0.25, 0.3) is 0 Å². The molecule has 0 radical (unpaired) electrons. The molecule has 1 aliphatic carbocycles. The van der Waals surface area contributed by atoms with Crippen LogP contribution in [0.4, 0.5) is 33.6 Å². The fourth-order valence-corrected chi connectivity index (χ4v) is 8.55. The van der Waals surface area contributed by atoms with Crippen molar-refractivity contribution in [3.63, 3.8) is 0 Å². The molecule has 4 aliphatic rings. The molecule has 320 valence electrons. The average Bonchev–Trinajstić information content (AvgIpc) is 3.61. The summed E-state index contributed by atoms with van der Waals surface area (Å²) in [5.74, 6) is 5.64. The number of carbonyl (C=O) groups excluding carboxylic acids is 5. The van der Waals surface area contributed by atoms with Crippen LogP contribution in [0.5, 0.6) is 0 Å². The van der Waals surface area contributed by atoms with Gasteiger partial charge in [0.15, 0.2) is 5.82 Å². The van der Waals surface area contributed by atoms with E-state index in [1.165, 1.54) is 6.20 Å². The number of nitrogens with zero attached hydrogens (tertiary/aromatic N) is 5. The first kappa shape index (κ1) is 42.0. The number of piperazine rings is 1. The van der Waals surface area contributed by atoms with Gasteiger partial charge in [0.2, 0.25) is 17.8 Å². The molecule has 1 atom stereocenters. The van der Waals surface area contributed by atoms with E-state index in [1.54, 1.807) is 35.2 Å². The molecule has 62 heavy (non-hydrogen) atoms. The van der Waals surface area contributed by atoms with Gasteiger partial charge in [-0.05, 0) is 86.2 Å². The second-order valence-corrected chi connectivity index (χ2v) is 16.2. The van der Waals surface area contributed by atoms with Gasteiger partial charge in [0.1, 0.15) is 11.1 Å². The molecule has 1 aromatic heterocycles. The molecule has 3 aliphatic heterocycles. The Kier molecular flexibility index (Phi) is 12.8. The lowest BCUT2D eigenvalue weighted by molar-refractivity contribution is -0.136. The summed E-state index contributed by atoms with van der Waals surface area (Å²) >= 11 is 6.35. The fraction of sp³-hybridized carbons (Fsp3) is 0.356. The molecule has 3 fully saturated rings. The highest BCUT2D eigenvalue weighted by Crippen LogP contribution is 2.31. The van der Waals surface area contributed by atoms with Gasteiger partial charge in [-0.2, -0.15) is 4.98 Å². The van der Waals surface area contributed by atoms with Crippen LogP contribution < -0.4 is 37.2 Å². The summed E-state index contributed by atoms with van der Waals surface area (Å²) in [6.07, 6.45) is 6.42. The first-order chi connectivity index (χ1) is 30.1. The van der Waals surface area contributed by atoms with Crippen molar-refractivity contribution in [3.05, 3.63) is 100 Å². The Bertz CT molecular complexity index is 2420. The van der Waals surface area contributed by atoms with Gasteiger partial charge < -0.3 is 41.7 Å². The summed E-state index contributed by atoms with van der Waals surface area (Å²) in [5.41, 5.74) is 10.3. The Labute approximate surface area is 364 Å². The number of carbonyl (C=O) groups is 5. The molecular weight excluding hydrogens is 810 g/mol. The van der Waals surface area contributed by atoms with E-state index in [1.807, 2.05) is 41.3 Å². The Balaban J connectivity index is 0.736. The number of benzene rings is 3. The number of nitrogens with one attached hydrogen (secondary N) is 5. The summed E-state index contributed by atoms with van der Waals surface area (Å²) in [6.45, 7) is 3.72. The summed E-state index contributed by atoms with van der Waals surface area (Å²) in [7, 11) is 0. The zero-order chi connectivity index (χ0) is 43.2. The molecule has 7 N–H and O–H groups in total. The first-order valence-electron chi connectivity index (χ1n) is 20.9. The van der Waals surface area contributed by atoms with Gasteiger partial charge in [0, 0.05) is 86.7 Å². The Hall–Kier alpha value is -6.70. The maximum Gasteiger partial charge on any atom is 0.317 e. The minimum absolute atomic E-state index is 0.0138. The van der Waals surface area contributed by atoms with E-state index in [2.05, 4.69) is 53.3 Å². The topological polar surface area (TPSA) is 207 Å². The zero-order valence-corrected chi connectivity index (χ0v) is 34.8. The number of para-hydroxylation sites is 1. The number of urea groups is 1. The third-order valence-electron chi connectivity index (χ3n) is 11.8. The number of imide groups is 1. The number of aromatic nitrogens is 2. The summed E-state index contributed by atoms with van der Waals surface area (Å²) in [6, 6.07) is 20.1. The number of hydrogen-bond donors (Lipinski definition) is 6. The van der Waals surface area contributed by atoms with Gasteiger partial charge in [-0.1, -0.05) is 41.6 Å². The Morgan fingerprint density at radius 2 is 1.65 bits per heavy atom. The zero-order valence-electron chi connectivity index (χ0n) is 34.1. The predicted molar refractivity (Wildman–Crippen MR) is 235 cm³/mol. The van der Waals surface area contributed by atoms with Gasteiger partial charge in [0.05, 0.1) is 17.4 Å². The molecule has 4 heterocycles. The van der Waals surface area contributed by atoms with Crippen LogP contribution in [0, 0.1) is 11.8 Å². The summed E-state index contributed by atoms with van der Waals surface area (Å²) < 4.78 is 0. The smallest absolute Gasteiger partial charge is 0.317 e. The second-order valence-electron chi connectivity index (χ2n) is 15.8. The van der Waals surface area contributed by atoms with Crippen LogP contribution in [0.1, 0.15) is 76.8 Å². The van der Waals surface area contributed by atoms with Gasteiger partial charge in [-0.3, -0.25) is 24.5 Å². The number of anilines is 5. The van der Waals surface area contributed by atoms with E-state index < -0.39 is 17.9 Å². The molecule has 6 amide bonds. The standard InChI is InChI=1S/C45H48ClN11O5/c46-36-26-49-44(54-41(36)52-37-10-2-1-8-34(37)40(47)59)50-30-15-17-32(18-16-30)55-22-24-56(25-23-55)45(62)51-31-13-11-29(12-14-31)48-21-4-3-6-28-7-5-9-33-35(28)27-57(43(33)61)38-19-20-39(58)53-42(38)60/h1-2,5,7-10,15-18,26,29,31,38,48H,4,11-14,19-25,27H2,(H2,47,59)(H,51,62)(H,53,58,60)(H2,49,50,52,54). The van der Waals surface area contributed by atoms with Crippen LogP contribution in [0.3, 0.4) is 0 Å². The maximum atomic E-state index is 13.2. The van der Waals surface area contributed by atoms with Crippen molar-refractivity contribution in [2.75, 3.05) is 48.3 Å². The quantitative estimate of drug-likeness (QED) is 0.0696. The van der Waals surface area contributed by atoms with Crippen molar-refractivity contribution in [1.29, 1.82) is 0 Å². The van der Waals surface area contributed by atoms with Crippen LogP contribution in [-0.4, -0.2) is 100 Å². The number of halogens is 1. The lowest BCUT2D eigenvalue weighted by Crippen LogP contribution is -2.54. The maximum absolute atomic E-state index is 13.2. The lowest BCUT2D eigenvalue weighted by atomic mass is 9.91. The average molecular weight is 858 g/mol. The molecule has 8 rings (SSSR count). The van der Waals surface area contributed by atoms with Crippen molar-refractivity contribution in [3.8, 4) is 11.8 Å². The van der Waals surface area contributed by atoms with Crippen LogP contribution in [0.2, 0.25) is 5.02 Å². The highest BCUT2D eigenvalue weighted by molar-refractivity contribution is 6.33.